The van der Waals surface area contributed by atoms with Crippen molar-refractivity contribution < 1.29 is 0 Å². The van der Waals surface area contributed by atoms with Gasteiger partial charge < -0.3 is 10.2 Å². The van der Waals surface area contributed by atoms with Gasteiger partial charge in [-0.25, -0.2) is 0 Å². The number of aliphatic imine (C=N–C) groups is 1. The van der Waals surface area contributed by atoms with E-state index in [1.54, 1.807) is 0 Å². The van der Waals surface area contributed by atoms with Crippen LogP contribution < -0.4 is 5.32 Å². The molecule has 0 aliphatic carbocycles. The van der Waals surface area contributed by atoms with Crippen LogP contribution in [-0.4, -0.2) is 48.0 Å². The lowest BCUT2D eigenvalue weighted by molar-refractivity contribution is 0.329. The molecular formula is C14H29N3S. The van der Waals surface area contributed by atoms with Crippen molar-refractivity contribution in [3.63, 3.8) is 0 Å². The lowest BCUT2D eigenvalue weighted by Gasteiger charge is -2.36. The Hall–Kier alpha value is -0.220. The first-order valence-electron chi connectivity index (χ1n) is 7.00. The number of likely N-dealkylation sites (N-methyl/N-ethyl adjacent to an activating group) is 1. The van der Waals surface area contributed by atoms with Crippen LogP contribution in [0.5, 0.6) is 0 Å². The Morgan fingerprint density at radius 2 is 2.11 bits per heavy atom. The average molecular weight is 271 g/mol. The van der Waals surface area contributed by atoms with Gasteiger partial charge in [-0.1, -0.05) is 32.5 Å². The Bertz CT molecular complexity index is 289. The Balaban J connectivity index is 2.72. The van der Waals surface area contributed by atoms with Crippen molar-refractivity contribution in [1.29, 1.82) is 0 Å². The van der Waals surface area contributed by atoms with Gasteiger partial charge in [-0.3, -0.25) is 4.99 Å². The zero-order chi connectivity index (χ0) is 13.8. The summed E-state index contributed by atoms with van der Waals surface area (Å²) in [5, 5.41) is 4.78. The molecule has 18 heavy (non-hydrogen) atoms. The minimum Gasteiger partial charge on any atom is -0.360 e. The lowest BCUT2D eigenvalue weighted by Crippen LogP contribution is -2.48. The van der Waals surface area contributed by atoms with Gasteiger partial charge in [-0.05, 0) is 39.8 Å². The number of amidine groups is 1. The molecule has 1 rings (SSSR count). The van der Waals surface area contributed by atoms with Crippen LogP contribution in [0.25, 0.3) is 0 Å². The monoisotopic (exact) mass is 271 g/mol. The molecular weight excluding hydrogens is 242 g/mol. The first-order valence-corrected chi connectivity index (χ1v) is 7.98. The zero-order valence-corrected chi connectivity index (χ0v) is 13.6. The van der Waals surface area contributed by atoms with Crippen LogP contribution >= 0.6 is 11.8 Å². The number of hydrogen-bond acceptors (Lipinski definition) is 3. The van der Waals surface area contributed by atoms with Gasteiger partial charge in [0.15, 0.2) is 5.17 Å². The minimum absolute atomic E-state index is 0.240. The van der Waals surface area contributed by atoms with E-state index in [0.29, 0.717) is 12.0 Å². The Morgan fingerprint density at radius 3 is 2.61 bits per heavy atom. The van der Waals surface area contributed by atoms with Crippen molar-refractivity contribution in [1.82, 2.24) is 10.2 Å². The first kappa shape index (κ1) is 15.8. The maximum Gasteiger partial charge on any atom is 0.157 e. The normalized spacial score (nSPS) is 28.8. The fourth-order valence-electron chi connectivity index (χ4n) is 1.99. The maximum atomic E-state index is 4.95. The summed E-state index contributed by atoms with van der Waals surface area (Å²) in [6.45, 7) is 10.1. The lowest BCUT2D eigenvalue weighted by atomic mass is 9.96. The third-order valence-electron chi connectivity index (χ3n) is 3.69. The number of nitrogens with one attached hydrogen (secondary N) is 1. The van der Waals surface area contributed by atoms with E-state index in [1.165, 1.54) is 12.2 Å². The highest BCUT2D eigenvalue weighted by Crippen LogP contribution is 2.25. The summed E-state index contributed by atoms with van der Waals surface area (Å²) >= 11 is 1.87. The van der Waals surface area contributed by atoms with Gasteiger partial charge >= 0.3 is 0 Å². The molecule has 0 aromatic rings. The molecule has 0 radical (unpaired) electrons. The Labute approximate surface area is 117 Å². The number of nitrogens with zero attached hydrogens (tertiary/aromatic N) is 2. The largest absolute Gasteiger partial charge is 0.360 e. The smallest absolute Gasteiger partial charge is 0.157 e. The predicted octanol–water partition coefficient (Wildman–Crippen LogP) is 2.82. The molecule has 1 fully saturated rings. The first-order chi connectivity index (χ1) is 8.36. The van der Waals surface area contributed by atoms with Crippen molar-refractivity contribution in [3.8, 4) is 0 Å². The second-order valence-electron chi connectivity index (χ2n) is 6.15. The van der Waals surface area contributed by atoms with E-state index in [2.05, 4.69) is 52.0 Å². The molecule has 1 aliphatic heterocycles. The predicted molar refractivity (Wildman–Crippen MR) is 83.5 cm³/mol. The van der Waals surface area contributed by atoms with Crippen LogP contribution in [0.4, 0.5) is 0 Å². The molecule has 0 amide bonds. The molecule has 106 valence electrons. The fraction of sp³-hybridized carbons (Fsp3) is 0.929. The van der Waals surface area contributed by atoms with Crippen LogP contribution in [0.3, 0.4) is 0 Å². The summed E-state index contributed by atoms with van der Waals surface area (Å²) in [5.41, 5.74) is 0.240. The van der Waals surface area contributed by atoms with Crippen LogP contribution in [0.15, 0.2) is 4.99 Å². The van der Waals surface area contributed by atoms with E-state index in [4.69, 9.17) is 4.99 Å². The van der Waals surface area contributed by atoms with Gasteiger partial charge in [-0.15, -0.1) is 0 Å². The molecule has 0 saturated carbocycles. The SMILES string of the molecule is CCC1(C)CCSC(=NC(CN(C)C)C(C)C)N1. The van der Waals surface area contributed by atoms with E-state index in [1.807, 2.05) is 11.8 Å². The summed E-state index contributed by atoms with van der Waals surface area (Å²) in [4.78, 5) is 7.17. The van der Waals surface area contributed by atoms with Crippen molar-refractivity contribution in [2.75, 3.05) is 26.4 Å². The van der Waals surface area contributed by atoms with E-state index in [9.17, 15) is 0 Å². The molecule has 1 heterocycles. The van der Waals surface area contributed by atoms with Crippen molar-refractivity contribution in [3.05, 3.63) is 0 Å². The maximum absolute atomic E-state index is 4.95. The number of hydrogen-bond donors (Lipinski definition) is 1. The van der Waals surface area contributed by atoms with Gasteiger partial charge in [0.2, 0.25) is 0 Å². The van der Waals surface area contributed by atoms with E-state index < -0.39 is 0 Å². The molecule has 2 atom stereocenters. The third-order valence-corrected chi connectivity index (χ3v) is 4.58. The highest BCUT2D eigenvalue weighted by atomic mass is 32.2. The number of rotatable bonds is 5. The molecule has 0 spiro atoms. The van der Waals surface area contributed by atoms with Crippen molar-refractivity contribution >= 4 is 16.9 Å². The highest BCUT2D eigenvalue weighted by molar-refractivity contribution is 8.13. The van der Waals surface area contributed by atoms with E-state index >= 15 is 0 Å². The molecule has 1 aliphatic rings. The van der Waals surface area contributed by atoms with Gasteiger partial charge in [0, 0.05) is 17.8 Å². The summed E-state index contributed by atoms with van der Waals surface area (Å²) < 4.78 is 0. The molecule has 0 bridgehead atoms. The number of thioether (sulfide) groups is 1. The van der Waals surface area contributed by atoms with Gasteiger partial charge in [0.25, 0.3) is 0 Å². The van der Waals surface area contributed by atoms with Crippen LogP contribution in [-0.2, 0) is 0 Å². The Kier molecular flexibility index (Phi) is 5.99. The quantitative estimate of drug-likeness (QED) is 0.833. The van der Waals surface area contributed by atoms with Crippen LogP contribution in [0.2, 0.25) is 0 Å². The summed E-state index contributed by atoms with van der Waals surface area (Å²) in [5.74, 6) is 1.76. The standard InChI is InChI=1S/C14H29N3S/c1-7-14(4)8-9-18-13(16-14)15-12(11(2)3)10-17(5)6/h11-12H,7-10H2,1-6H3,(H,15,16). The molecule has 1 saturated heterocycles. The highest BCUT2D eigenvalue weighted by Gasteiger charge is 2.28. The van der Waals surface area contributed by atoms with Gasteiger partial charge in [0.05, 0.1) is 6.04 Å². The van der Waals surface area contributed by atoms with Crippen molar-refractivity contribution in [2.24, 2.45) is 10.9 Å². The average Bonchev–Trinajstić information content (AvgIpc) is 2.27. The Morgan fingerprint density at radius 1 is 1.44 bits per heavy atom. The fourth-order valence-corrected chi connectivity index (χ4v) is 3.26. The topological polar surface area (TPSA) is 27.6 Å². The van der Waals surface area contributed by atoms with Crippen molar-refractivity contribution in [2.45, 2.75) is 52.1 Å². The molecule has 2 unspecified atom stereocenters. The summed E-state index contributed by atoms with van der Waals surface area (Å²) in [6, 6.07) is 0.384. The zero-order valence-electron chi connectivity index (χ0n) is 12.8. The van der Waals surface area contributed by atoms with E-state index in [0.717, 1.165) is 18.1 Å². The molecule has 1 N–H and O–H groups in total. The molecule has 0 aromatic carbocycles. The second kappa shape index (κ2) is 6.80. The third kappa shape index (κ3) is 4.81. The van der Waals surface area contributed by atoms with E-state index in [-0.39, 0.29) is 5.54 Å². The molecule has 3 nitrogen and oxygen atoms in total. The van der Waals surface area contributed by atoms with Gasteiger partial charge in [0.1, 0.15) is 0 Å². The van der Waals surface area contributed by atoms with Crippen LogP contribution in [0, 0.1) is 5.92 Å². The molecule has 0 aromatic heterocycles. The summed E-state index contributed by atoms with van der Waals surface area (Å²) in [7, 11) is 4.24. The van der Waals surface area contributed by atoms with Crippen LogP contribution in [0.1, 0.15) is 40.5 Å². The minimum atomic E-state index is 0.240. The molecule has 4 heteroatoms. The summed E-state index contributed by atoms with van der Waals surface area (Å²) in [6.07, 6.45) is 2.39. The van der Waals surface area contributed by atoms with Gasteiger partial charge in [-0.2, -0.15) is 0 Å². The second-order valence-corrected chi connectivity index (χ2v) is 7.23.